The van der Waals surface area contributed by atoms with Crippen LogP contribution in [0, 0.1) is 0 Å². The van der Waals surface area contributed by atoms with Crippen LogP contribution in [0.4, 0.5) is 5.69 Å². The van der Waals surface area contributed by atoms with E-state index in [4.69, 9.17) is 25.4 Å². The highest BCUT2D eigenvalue weighted by Crippen LogP contribution is 2.35. The first-order valence-corrected chi connectivity index (χ1v) is 7.59. The summed E-state index contributed by atoms with van der Waals surface area (Å²) in [7, 11) is -1.23. The maximum atomic E-state index is 12.6. The van der Waals surface area contributed by atoms with E-state index in [2.05, 4.69) is 0 Å². The van der Waals surface area contributed by atoms with Crippen molar-refractivity contribution in [1.82, 2.24) is 4.31 Å². The zero-order valence-electron chi connectivity index (χ0n) is 11.9. The molecule has 0 heterocycles. The summed E-state index contributed by atoms with van der Waals surface area (Å²) in [6, 6.07) is 2.60. The maximum absolute atomic E-state index is 12.6. The highest BCUT2D eigenvalue weighted by atomic mass is 32.2. The second kappa shape index (κ2) is 7.46. The molecule has 4 N–H and O–H groups in total. The van der Waals surface area contributed by atoms with E-state index in [0.717, 1.165) is 4.31 Å². The lowest BCUT2D eigenvalue weighted by molar-refractivity contribution is 0.217. The summed E-state index contributed by atoms with van der Waals surface area (Å²) < 4.78 is 36.2. The third-order valence-corrected chi connectivity index (χ3v) is 4.75. The third-order valence-electron chi connectivity index (χ3n) is 2.83. The Labute approximate surface area is 123 Å². The van der Waals surface area contributed by atoms with E-state index in [9.17, 15) is 8.42 Å². The summed E-state index contributed by atoms with van der Waals surface area (Å²) in [6.45, 7) is -1.02. The first-order chi connectivity index (χ1) is 9.92. The first-order valence-electron chi connectivity index (χ1n) is 6.15. The van der Waals surface area contributed by atoms with Gasteiger partial charge < -0.3 is 25.4 Å². The number of aliphatic hydroxyl groups excluding tert-OH is 2. The number of aliphatic hydroxyl groups is 2. The Morgan fingerprint density at radius 2 is 1.62 bits per heavy atom. The highest BCUT2D eigenvalue weighted by Gasteiger charge is 2.28. The van der Waals surface area contributed by atoms with E-state index in [-0.39, 0.29) is 42.6 Å². The van der Waals surface area contributed by atoms with Crippen molar-refractivity contribution in [1.29, 1.82) is 0 Å². The minimum Gasteiger partial charge on any atom is -0.495 e. The Morgan fingerprint density at radius 1 is 1.10 bits per heavy atom. The molecular formula is C12H20N2O6S. The van der Waals surface area contributed by atoms with E-state index < -0.39 is 10.0 Å². The number of methoxy groups -OCH3 is 2. The number of hydrogen-bond donors (Lipinski definition) is 3. The largest absolute Gasteiger partial charge is 0.495 e. The quantitative estimate of drug-likeness (QED) is 0.539. The van der Waals surface area contributed by atoms with Crippen molar-refractivity contribution < 1.29 is 28.1 Å². The number of anilines is 1. The number of nitrogens with two attached hydrogens (primary N) is 1. The second-order valence-electron chi connectivity index (χ2n) is 4.10. The average Bonchev–Trinajstić information content (AvgIpc) is 2.46. The van der Waals surface area contributed by atoms with E-state index in [1.165, 1.54) is 26.4 Å². The summed E-state index contributed by atoms with van der Waals surface area (Å²) in [5.74, 6) is 0.364. The second-order valence-corrected chi connectivity index (χ2v) is 6.00. The minimum atomic E-state index is -3.96. The molecule has 0 bridgehead atoms. The van der Waals surface area contributed by atoms with Gasteiger partial charge in [0.05, 0.1) is 33.1 Å². The van der Waals surface area contributed by atoms with Gasteiger partial charge in [0.1, 0.15) is 16.4 Å². The van der Waals surface area contributed by atoms with Crippen LogP contribution in [0.3, 0.4) is 0 Å². The zero-order valence-corrected chi connectivity index (χ0v) is 12.8. The van der Waals surface area contributed by atoms with Crippen molar-refractivity contribution in [2.45, 2.75) is 4.90 Å². The molecule has 0 aliphatic heterocycles. The van der Waals surface area contributed by atoms with E-state index in [1.807, 2.05) is 0 Å². The molecule has 21 heavy (non-hydrogen) atoms. The van der Waals surface area contributed by atoms with Crippen molar-refractivity contribution in [2.24, 2.45) is 0 Å². The van der Waals surface area contributed by atoms with Gasteiger partial charge in [-0.1, -0.05) is 0 Å². The molecule has 0 amide bonds. The van der Waals surface area contributed by atoms with Crippen LogP contribution in [0.5, 0.6) is 11.5 Å². The zero-order chi connectivity index (χ0) is 16.0. The minimum absolute atomic E-state index is 0.0712. The van der Waals surface area contributed by atoms with Crippen molar-refractivity contribution in [3.05, 3.63) is 12.1 Å². The molecule has 0 atom stereocenters. The first kappa shape index (κ1) is 17.5. The lowest BCUT2D eigenvalue weighted by atomic mass is 10.3. The lowest BCUT2D eigenvalue weighted by Gasteiger charge is -2.22. The van der Waals surface area contributed by atoms with Gasteiger partial charge in [-0.25, -0.2) is 8.42 Å². The molecule has 8 nitrogen and oxygen atoms in total. The molecule has 1 aromatic rings. The molecule has 0 aliphatic carbocycles. The van der Waals surface area contributed by atoms with Crippen LogP contribution in [0.25, 0.3) is 0 Å². The summed E-state index contributed by atoms with van der Waals surface area (Å²) in [5.41, 5.74) is 5.88. The molecule has 1 rings (SSSR count). The fourth-order valence-corrected chi connectivity index (χ4v) is 3.40. The van der Waals surface area contributed by atoms with Crippen molar-refractivity contribution in [3.8, 4) is 11.5 Å². The number of benzene rings is 1. The summed E-state index contributed by atoms with van der Waals surface area (Å²) in [6.07, 6.45) is 0. The number of nitrogens with zero attached hydrogens (tertiary/aromatic N) is 1. The van der Waals surface area contributed by atoms with E-state index in [0.29, 0.717) is 5.75 Å². The van der Waals surface area contributed by atoms with Gasteiger partial charge in [-0.2, -0.15) is 4.31 Å². The monoisotopic (exact) mass is 320 g/mol. The number of nitrogen functional groups attached to an aromatic ring is 1. The molecule has 0 saturated carbocycles. The molecule has 0 aliphatic rings. The predicted molar refractivity (Wildman–Crippen MR) is 76.9 cm³/mol. The highest BCUT2D eigenvalue weighted by molar-refractivity contribution is 7.89. The Kier molecular flexibility index (Phi) is 6.21. The number of hydrogen-bond acceptors (Lipinski definition) is 7. The normalized spacial score (nSPS) is 11.7. The van der Waals surface area contributed by atoms with Gasteiger partial charge in [-0.3, -0.25) is 0 Å². The van der Waals surface area contributed by atoms with Gasteiger partial charge in [-0.15, -0.1) is 0 Å². The molecule has 0 unspecified atom stereocenters. The molecule has 0 radical (unpaired) electrons. The Hall–Kier alpha value is -1.55. The fourth-order valence-electron chi connectivity index (χ4n) is 1.81. The molecule has 0 fully saturated rings. The summed E-state index contributed by atoms with van der Waals surface area (Å²) in [5, 5.41) is 17.9. The predicted octanol–water partition coefficient (Wildman–Crippen LogP) is -0.739. The average molecular weight is 320 g/mol. The van der Waals surface area contributed by atoms with Crippen LogP contribution in [0.2, 0.25) is 0 Å². The van der Waals surface area contributed by atoms with Gasteiger partial charge >= 0.3 is 0 Å². The van der Waals surface area contributed by atoms with Gasteiger partial charge in [0.15, 0.2) is 0 Å². The third kappa shape index (κ3) is 3.76. The van der Waals surface area contributed by atoms with Crippen LogP contribution in [0.1, 0.15) is 0 Å². The van der Waals surface area contributed by atoms with Crippen LogP contribution in [-0.2, 0) is 10.0 Å². The number of rotatable bonds is 8. The van der Waals surface area contributed by atoms with Crippen molar-refractivity contribution in [2.75, 3.05) is 46.3 Å². The SMILES string of the molecule is COc1cc(OC)c(S(=O)(=O)N(CCO)CCO)cc1N. The number of ether oxygens (including phenoxy) is 2. The topological polar surface area (TPSA) is 122 Å². The van der Waals surface area contributed by atoms with Crippen LogP contribution < -0.4 is 15.2 Å². The molecule has 1 aromatic carbocycles. The molecule has 120 valence electrons. The van der Waals surface area contributed by atoms with Gasteiger partial charge in [0, 0.05) is 19.2 Å². The van der Waals surface area contributed by atoms with Crippen LogP contribution >= 0.6 is 0 Å². The molecule has 0 saturated heterocycles. The van der Waals surface area contributed by atoms with Gasteiger partial charge in [0.2, 0.25) is 10.0 Å². The summed E-state index contributed by atoms with van der Waals surface area (Å²) >= 11 is 0. The molecular weight excluding hydrogens is 300 g/mol. The van der Waals surface area contributed by atoms with Crippen LogP contribution in [0.15, 0.2) is 17.0 Å². The van der Waals surface area contributed by atoms with E-state index >= 15 is 0 Å². The van der Waals surface area contributed by atoms with Gasteiger partial charge in [-0.05, 0) is 6.07 Å². The van der Waals surface area contributed by atoms with Gasteiger partial charge in [0.25, 0.3) is 0 Å². The number of sulfonamides is 1. The maximum Gasteiger partial charge on any atom is 0.246 e. The van der Waals surface area contributed by atoms with Crippen molar-refractivity contribution >= 4 is 15.7 Å². The van der Waals surface area contributed by atoms with Crippen LogP contribution in [-0.4, -0.2) is 63.5 Å². The molecule has 0 spiro atoms. The Bertz CT molecular complexity index is 569. The Balaban J connectivity index is 3.38. The standard InChI is InChI=1S/C12H20N2O6S/c1-19-10-8-11(20-2)12(7-9(10)13)21(17,18)14(3-5-15)4-6-16/h7-8,15-16H,3-6,13H2,1-2H3. The van der Waals surface area contributed by atoms with Crippen molar-refractivity contribution in [3.63, 3.8) is 0 Å². The lowest BCUT2D eigenvalue weighted by Crippen LogP contribution is -2.36. The fraction of sp³-hybridized carbons (Fsp3) is 0.500. The van der Waals surface area contributed by atoms with E-state index in [1.54, 1.807) is 0 Å². The Morgan fingerprint density at radius 3 is 2.05 bits per heavy atom. The smallest absolute Gasteiger partial charge is 0.246 e. The molecule has 0 aromatic heterocycles. The molecule has 9 heteroatoms. The summed E-state index contributed by atoms with van der Waals surface area (Å²) in [4.78, 5) is -0.148.